The number of nitrogens with zero attached hydrogens (tertiary/aromatic N) is 1. The van der Waals surface area contributed by atoms with Crippen LogP contribution in [0.3, 0.4) is 0 Å². The maximum atomic E-state index is 13.3. The van der Waals surface area contributed by atoms with Crippen LogP contribution in [0.15, 0.2) is 12.1 Å². The van der Waals surface area contributed by atoms with Crippen molar-refractivity contribution in [2.24, 2.45) is 0 Å². The van der Waals surface area contributed by atoms with Gasteiger partial charge in [-0.15, -0.1) is 11.3 Å². The number of halogens is 2. The minimum Gasteiger partial charge on any atom is -0.394 e. The van der Waals surface area contributed by atoms with Crippen LogP contribution in [-0.4, -0.2) is 10.9 Å². The quantitative estimate of drug-likeness (QED) is 0.855. The second kappa shape index (κ2) is 5.54. The summed E-state index contributed by atoms with van der Waals surface area (Å²) in [7, 11) is 0. The highest BCUT2D eigenvalue weighted by Crippen LogP contribution is 2.23. The molecule has 1 amide bonds. The molecule has 7 heteroatoms. The van der Waals surface area contributed by atoms with Crippen LogP contribution in [0.4, 0.5) is 19.6 Å². The molecule has 0 saturated heterocycles. The fraction of sp³-hybridized carbons (Fsp3) is 0.231. The van der Waals surface area contributed by atoms with Gasteiger partial charge in [0.2, 0.25) is 0 Å². The molecule has 0 bridgehead atoms. The molecule has 0 saturated carbocycles. The van der Waals surface area contributed by atoms with Crippen molar-refractivity contribution in [1.29, 1.82) is 0 Å². The summed E-state index contributed by atoms with van der Waals surface area (Å²) in [6.07, 6.45) is 0.753. The number of amides is 1. The van der Waals surface area contributed by atoms with Crippen LogP contribution in [0.1, 0.15) is 27.9 Å². The zero-order chi connectivity index (χ0) is 14.9. The largest absolute Gasteiger partial charge is 0.394 e. The molecule has 20 heavy (non-hydrogen) atoms. The van der Waals surface area contributed by atoms with E-state index in [0.717, 1.165) is 29.1 Å². The normalized spacial score (nSPS) is 10.6. The van der Waals surface area contributed by atoms with E-state index in [1.165, 1.54) is 11.3 Å². The van der Waals surface area contributed by atoms with Crippen molar-refractivity contribution in [3.05, 3.63) is 39.9 Å². The Labute approximate surface area is 118 Å². The van der Waals surface area contributed by atoms with Gasteiger partial charge in [-0.25, -0.2) is 13.8 Å². The molecule has 0 aliphatic carbocycles. The monoisotopic (exact) mass is 297 g/mol. The van der Waals surface area contributed by atoms with Crippen LogP contribution < -0.4 is 11.1 Å². The van der Waals surface area contributed by atoms with Crippen molar-refractivity contribution in [2.45, 2.75) is 20.3 Å². The van der Waals surface area contributed by atoms with E-state index in [-0.39, 0.29) is 5.56 Å². The van der Waals surface area contributed by atoms with Gasteiger partial charge in [-0.3, -0.25) is 10.1 Å². The van der Waals surface area contributed by atoms with Gasteiger partial charge in [0, 0.05) is 10.4 Å². The number of nitrogens with two attached hydrogens (primary N) is 1. The summed E-state index contributed by atoms with van der Waals surface area (Å²) in [5.41, 5.74) is 5.31. The van der Waals surface area contributed by atoms with Crippen LogP contribution in [-0.2, 0) is 6.42 Å². The molecule has 0 atom stereocenters. The first kappa shape index (κ1) is 14.4. The maximum Gasteiger partial charge on any atom is 0.257 e. The number of aromatic nitrogens is 1. The average Bonchev–Trinajstić information content (AvgIpc) is 2.75. The smallest absolute Gasteiger partial charge is 0.257 e. The molecule has 4 nitrogen and oxygen atoms in total. The third-order valence-corrected chi connectivity index (χ3v) is 3.72. The number of carbonyl (C=O) groups excluding carboxylic acids is 1. The SMILES string of the molecule is CCc1nc(NC(=O)c2cc(F)c(N)c(F)c2)sc1C. The summed E-state index contributed by atoms with van der Waals surface area (Å²) in [6.45, 7) is 3.85. The molecule has 2 aromatic rings. The lowest BCUT2D eigenvalue weighted by atomic mass is 10.2. The molecular weight excluding hydrogens is 284 g/mol. The summed E-state index contributed by atoms with van der Waals surface area (Å²) in [5, 5.41) is 2.93. The number of hydrogen-bond donors (Lipinski definition) is 2. The third kappa shape index (κ3) is 2.77. The highest BCUT2D eigenvalue weighted by Gasteiger charge is 2.15. The average molecular weight is 297 g/mol. The molecule has 0 radical (unpaired) electrons. The lowest BCUT2D eigenvalue weighted by Crippen LogP contribution is -2.13. The van der Waals surface area contributed by atoms with E-state index >= 15 is 0 Å². The molecule has 0 unspecified atom stereocenters. The van der Waals surface area contributed by atoms with E-state index in [1.54, 1.807) is 0 Å². The topological polar surface area (TPSA) is 68.0 Å². The van der Waals surface area contributed by atoms with Gasteiger partial charge >= 0.3 is 0 Å². The van der Waals surface area contributed by atoms with Crippen LogP contribution in [0.2, 0.25) is 0 Å². The van der Waals surface area contributed by atoms with Crippen molar-refractivity contribution in [1.82, 2.24) is 4.98 Å². The number of carbonyl (C=O) groups is 1. The second-order valence-electron chi connectivity index (χ2n) is 4.18. The highest BCUT2D eigenvalue weighted by atomic mass is 32.1. The highest BCUT2D eigenvalue weighted by molar-refractivity contribution is 7.15. The van der Waals surface area contributed by atoms with Crippen molar-refractivity contribution in [3.63, 3.8) is 0 Å². The summed E-state index contributed by atoms with van der Waals surface area (Å²) in [5.74, 6) is -2.54. The first-order valence-corrected chi connectivity index (χ1v) is 6.76. The van der Waals surface area contributed by atoms with Crippen molar-refractivity contribution in [3.8, 4) is 0 Å². The molecule has 0 spiro atoms. The Kier molecular flexibility index (Phi) is 3.99. The Morgan fingerprint density at radius 3 is 2.50 bits per heavy atom. The number of benzene rings is 1. The van der Waals surface area contributed by atoms with Crippen molar-refractivity contribution in [2.75, 3.05) is 11.1 Å². The van der Waals surface area contributed by atoms with Crippen LogP contribution >= 0.6 is 11.3 Å². The molecule has 0 aliphatic rings. The molecule has 106 valence electrons. The Balaban J connectivity index is 2.23. The molecule has 1 aromatic heterocycles. The maximum absolute atomic E-state index is 13.3. The van der Waals surface area contributed by atoms with Gasteiger partial charge in [0.1, 0.15) is 17.3 Å². The Morgan fingerprint density at radius 2 is 2.00 bits per heavy atom. The number of thiazole rings is 1. The minimum atomic E-state index is -0.959. The van der Waals surface area contributed by atoms with Gasteiger partial charge in [0.15, 0.2) is 5.13 Å². The van der Waals surface area contributed by atoms with E-state index in [0.29, 0.717) is 5.13 Å². The minimum absolute atomic E-state index is 0.139. The second-order valence-corrected chi connectivity index (χ2v) is 5.39. The van der Waals surface area contributed by atoms with E-state index in [1.807, 2.05) is 13.8 Å². The molecular formula is C13H13F2N3OS. The van der Waals surface area contributed by atoms with Crippen molar-refractivity contribution < 1.29 is 13.6 Å². The zero-order valence-corrected chi connectivity index (χ0v) is 11.8. The first-order chi connectivity index (χ1) is 9.42. The van der Waals surface area contributed by atoms with E-state index in [4.69, 9.17) is 5.73 Å². The summed E-state index contributed by atoms with van der Waals surface area (Å²) in [4.78, 5) is 17.1. The first-order valence-electron chi connectivity index (χ1n) is 5.94. The number of rotatable bonds is 3. The Hall–Kier alpha value is -2.02. The fourth-order valence-corrected chi connectivity index (χ4v) is 2.59. The van der Waals surface area contributed by atoms with E-state index < -0.39 is 23.2 Å². The van der Waals surface area contributed by atoms with Gasteiger partial charge < -0.3 is 5.73 Å². The van der Waals surface area contributed by atoms with Crippen molar-refractivity contribution >= 4 is 28.1 Å². The lowest BCUT2D eigenvalue weighted by Gasteiger charge is -2.04. The number of aryl methyl sites for hydroxylation is 2. The molecule has 3 N–H and O–H groups in total. The number of nitrogens with one attached hydrogen (secondary N) is 1. The molecule has 1 heterocycles. The van der Waals surface area contributed by atoms with Crippen LogP contribution in [0.5, 0.6) is 0 Å². The summed E-state index contributed by atoms with van der Waals surface area (Å²) < 4.78 is 26.6. The number of hydrogen-bond acceptors (Lipinski definition) is 4. The standard InChI is InChI=1S/C13H13F2N3OS/c1-3-10-6(2)20-13(17-10)18-12(19)7-4-8(14)11(16)9(15)5-7/h4-5H,3,16H2,1-2H3,(H,17,18,19). The lowest BCUT2D eigenvalue weighted by molar-refractivity contribution is 0.102. The Bertz CT molecular complexity index is 647. The zero-order valence-electron chi connectivity index (χ0n) is 11.0. The van der Waals surface area contributed by atoms with Gasteiger partial charge in [-0.2, -0.15) is 0 Å². The third-order valence-electron chi connectivity index (χ3n) is 2.79. The predicted molar refractivity (Wildman–Crippen MR) is 75.0 cm³/mol. The number of nitrogen functional groups attached to an aromatic ring is 1. The van der Waals surface area contributed by atoms with Crippen LogP contribution in [0.25, 0.3) is 0 Å². The van der Waals surface area contributed by atoms with Gasteiger partial charge in [0.25, 0.3) is 5.91 Å². The molecule has 1 aromatic carbocycles. The van der Waals surface area contributed by atoms with Gasteiger partial charge in [-0.05, 0) is 25.5 Å². The molecule has 0 fully saturated rings. The summed E-state index contributed by atoms with van der Waals surface area (Å²) in [6, 6.07) is 1.80. The van der Waals surface area contributed by atoms with E-state index in [2.05, 4.69) is 10.3 Å². The predicted octanol–water partition coefficient (Wildman–Crippen LogP) is 3.13. The molecule has 0 aliphatic heterocycles. The van der Waals surface area contributed by atoms with Gasteiger partial charge in [0.05, 0.1) is 5.69 Å². The van der Waals surface area contributed by atoms with E-state index in [9.17, 15) is 13.6 Å². The van der Waals surface area contributed by atoms with Gasteiger partial charge in [-0.1, -0.05) is 6.92 Å². The molecule has 2 rings (SSSR count). The number of anilines is 2. The summed E-state index contributed by atoms with van der Waals surface area (Å²) >= 11 is 1.32. The van der Waals surface area contributed by atoms with Crippen LogP contribution in [0, 0.1) is 18.6 Å². The Morgan fingerprint density at radius 1 is 1.40 bits per heavy atom. The fourth-order valence-electron chi connectivity index (χ4n) is 1.69.